The highest BCUT2D eigenvalue weighted by Gasteiger charge is 2.10. The molecule has 0 aliphatic carbocycles. The number of carbonyl (C=O) groups excluding carboxylic acids is 2. The van der Waals surface area contributed by atoms with Crippen molar-refractivity contribution in [2.45, 2.75) is 20.3 Å². The quantitative estimate of drug-likeness (QED) is 0.578. The molecule has 0 saturated heterocycles. The van der Waals surface area contributed by atoms with Crippen molar-refractivity contribution < 1.29 is 19.1 Å². The lowest BCUT2D eigenvalue weighted by Gasteiger charge is -2.09. The molecule has 4 nitrogen and oxygen atoms in total. The van der Waals surface area contributed by atoms with Gasteiger partial charge in [-0.3, -0.25) is 9.59 Å². The molecule has 1 aromatic rings. The van der Waals surface area contributed by atoms with Crippen molar-refractivity contribution in [3.8, 4) is 11.5 Å². The maximum atomic E-state index is 10.9. The predicted molar refractivity (Wildman–Crippen MR) is 58.1 cm³/mol. The Morgan fingerprint density at radius 2 is 1.69 bits per heavy atom. The van der Waals surface area contributed by atoms with Crippen molar-refractivity contribution in [3.05, 3.63) is 30.7 Å². The molecule has 1 radical (unpaired) electrons. The molecule has 4 heteroatoms. The van der Waals surface area contributed by atoms with Crippen LogP contribution in [0.25, 0.3) is 0 Å². The van der Waals surface area contributed by atoms with Gasteiger partial charge in [0.25, 0.3) is 0 Å². The van der Waals surface area contributed by atoms with Crippen LogP contribution in [0.2, 0.25) is 0 Å². The first-order chi connectivity index (χ1) is 7.52. The van der Waals surface area contributed by atoms with Gasteiger partial charge in [0.1, 0.15) is 0 Å². The summed E-state index contributed by atoms with van der Waals surface area (Å²) in [5.74, 6) is -0.450. The standard InChI is InChI=1S/C12H13O4/c1-4-10-5-6-11(15-8(2)13)12(7-10)16-9(3)14/h5-7H,1,4H2,2-3H3. The Morgan fingerprint density at radius 1 is 1.12 bits per heavy atom. The highest BCUT2D eigenvalue weighted by molar-refractivity contribution is 5.73. The summed E-state index contributed by atoms with van der Waals surface area (Å²) in [6.45, 7) is 6.29. The first-order valence-electron chi connectivity index (χ1n) is 4.82. The number of carbonyl (C=O) groups is 2. The number of esters is 2. The van der Waals surface area contributed by atoms with E-state index in [1.807, 2.05) is 0 Å². The van der Waals surface area contributed by atoms with Crippen molar-refractivity contribution >= 4 is 11.9 Å². The van der Waals surface area contributed by atoms with Crippen molar-refractivity contribution in [2.75, 3.05) is 0 Å². The normalized spacial score (nSPS) is 9.69. The molecule has 0 heterocycles. The first kappa shape index (κ1) is 12.2. The third kappa shape index (κ3) is 3.38. The lowest BCUT2D eigenvalue weighted by atomic mass is 10.1. The van der Waals surface area contributed by atoms with Gasteiger partial charge in [0, 0.05) is 13.8 Å². The number of benzene rings is 1. The lowest BCUT2D eigenvalue weighted by Crippen LogP contribution is -2.07. The number of hydrogen-bond acceptors (Lipinski definition) is 4. The van der Waals surface area contributed by atoms with Gasteiger partial charge in [-0.15, -0.1) is 0 Å². The zero-order valence-electron chi connectivity index (χ0n) is 9.28. The Balaban J connectivity index is 3.05. The summed E-state index contributed by atoms with van der Waals surface area (Å²) in [5, 5.41) is 0. The van der Waals surface area contributed by atoms with Crippen LogP contribution in [0.5, 0.6) is 11.5 Å². The van der Waals surface area contributed by atoms with Gasteiger partial charge in [0.05, 0.1) is 0 Å². The topological polar surface area (TPSA) is 52.6 Å². The molecule has 0 spiro atoms. The Labute approximate surface area is 94.2 Å². The van der Waals surface area contributed by atoms with Gasteiger partial charge in [0.15, 0.2) is 11.5 Å². The lowest BCUT2D eigenvalue weighted by molar-refractivity contribution is -0.134. The van der Waals surface area contributed by atoms with E-state index >= 15 is 0 Å². The summed E-state index contributed by atoms with van der Waals surface area (Å²) in [6.07, 6.45) is 0.564. The molecule has 1 aromatic carbocycles. The SMILES string of the molecule is [CH2]Cc1ccc(OC(C)=O)c(OC(C)=O)c1. The molecule has 85 valence electrons. The summed E-state index contributed by atoms with van der Waals surface area (Å²) < 4.78 is 9.85. The average molecular weight is 221 g/mol. The van der Waals surface area contributed by atoms with Crippen molar-refractivity contribution in [2.24, 2.45) is 0 Å². The molecule has 0 atom stereocenters. The summed E-state index contributed by atoms with van der Waals surface area (Å²) in [4.78, 5) is 21.7. The Bertz CT molecular complexity index is 409. The highest BCUT2D eigenvalue weighted by Crippen LogP contribution is 2.28. The molecule has 0 fully saturated rings. The van der Waals surface area contributed by atoms with Crippen molar-refractivity contribution in [1.29, 1.82) is 0 Å². The van der Waals surface area contributed by atoms with Gasteiger partial charge in [0.2, 0.25) is 0 Å². The monoisotopic (exact) mass is 221 g/mol. The first-order valence-corrected chi connectivity index (χ1v) is 4.82. The maximum Gasteiger partial charge on any atom is 0.308 e. The van der Waals surface area contributed by atoms with Crippen LogP contribution in [-0.4, -0.2) is 11.9 Å². The third-order valence-corrected chi connectivity index (χ3v) is 1.80. The fraction of sp³-hybridized carbons (Fsp3) is 0.250. The fourth-order valence-electron chi connectivity index (χ4n) is 1.18. The molecule has 1 rings (SSSR count). The summed E-state index contributed by atoms with van der Waals surface area (Å²) in [5.41, 5.74) is 0.896. The minimum atomic E-state index is -0.463. The van der Waals surface area contributed by atoms with E-state index in [1.54, 1.807) is 18.2 Å². The van der Waals surface area contributed by atoms with Crippen LogP contribution in [0, 0.1) is 6.92 Å². The largest absolute Gasteiger partial charge is 0.423 e. The van der Waals surface area contributed by atoms with Crippen LogP contribution in [-0.2, 0) is 16.0 Å². The summed E-state index contributed by atoms with van der Waals surface area (Å²) >= 11 is 0. The molecule has 0 saturated carbocycles. The van der Waals surface area contributed by atoms with Crippen LogP contribution in [0.3, 0.4) is 0 Å². The Morgan fingerprint density at radius 3 is 2.19 bits per heavy atom. The molecule has 0 aromatic heterocycles. The smallest absolute Gasteiger partial charge is 0.308 e. The second kappa shape index (κ2) is 5.30. The molecular weight excluding hydrogens is 208 g/mol. The maximum absolute atomic E-state index is 10.9. The van der Waals surface area contributed by atoms with E-state index < -0.39 is 11.9 Å². The van der Waals surface area contributed by atoms with Crippen LogP contribution in [0.15, 0.2) is 18.2 Å². The van der Waals surface area contributed by atoms with E-state index in [0.717, 1.165) is 5.56 Å². The van der Waals surface area contributed by atoms with Gasteiger partial charge < -0.3 is 9.47 Å². The molecule has 16 heavy (non-hydrogen) atoms. The zero-order chi connectivity index (χ0) is 12.1. The second-order valence-electron chi connectivity index (χ2n) is 3.22. The molecule has 0 amide bonds. The van der Waals surface area contributed by atoms with E-state index in [2.05, 4.69) is 6.92 Å². The molecule has 0 N–H and O–H groups in total. The van der Waals surface area contributed by atoms with E-state index in [9.17, 15) is 9.59 Å². The molecule has 0 aliphatic rings. The molecule has 0 unspecified atom stereocenters. The number of hydrogen-bond donors (Lipinski definition) is 0. The van der Waals surface area contributed by atoms with Gasteiger partial charge in [-0.2, -0.15) is 0 Å². The van der Waals surface area contributed by atoms with Gasteiger partial charge >= 0.3 is 11.9 Å². The van der Waals surface area contributed by atoms with Crippen molar-refractivity contribution in [1.82, 2.24) is 0 Å². The third-order valence-electron chi connectivity index (χ3n) is 1.80. The van der Waals surface area contributed by atoms with E-state index in [0.29, 0.717) is 6.42 Å². The minimum Gasteiger partial charge on any atom is -0.423 e. The molecular formula is C12H13O4. The van der Waals surface area contributed by atoms with Crippen LogP contribution < -0.4 is 9.47 Å². The Hall–Kier alpha value is -1.84. The van der Waals surface area contributed by atoms with E-state index in [1.165, 1.54) is 13.8 Å². The highest BCUT2D eigenvalue weighted by atomic mass is 16.6. The Kier molecular flexibility index (Phi) is 4.05. The fourth-order valence-corrected chi connectivity index (χ4v) is 1.18. The van der Waals surface area contributed by atoms with Gasteiger partial charge in [-0.05, 0) is 31.0 Å². The van der Waals surface area contributed by atoms with Crippen molar-refractivity contribution in [3.63, 3.8) is 0 Å². The zero-order valence-corrected chi connectivity index (χ0v) is 9.28. The number of rotatable bonds is 3. The molecule has 0 bridgehead atoms. The summed E-state index contributed by atoms with van der Waals surface area (Å²) in [7, 11) is 0. The predicted octanol–water partition coefficient (Wildman–Crippen LogP) is 1.91. The number of ether oxygens (including phenoxy) is 2. The second-order valence-corrected chi connectivity index (χ2v) is 3.22. The van der Waals surface area contributed by atoms with Gasteiger partial charge in [-0.25, -0.2) is 0 Å². The van der Waals surface area contributed by atoms with Crippen LogP contribution >= 0.6 is 0 Å². The minimum absolute atomic E-state index is 0.236. The van der Waals surface area contributed by atoms with E-state index in [-0.39, 0.29) is 11.5 Å². The average Bonchev–Trinajstić information content (AvgIpc) is 2.19. The summed E-state index contributed by atoms with van der Waals surface area (Å²) in [6, 6.07) is 4.98. The van der Waals surface area contributed by atoms with E-state index in [4.69, 9.17) is 9.47 Å². The van der Waals surface area contributed by atoms with Crippen LogP contribution in [0.1, 0.15) is 19.4 Å². The van der Waals surface area contributed by atoms with Gasteiger partial charge in [-0.1, -0.05) is 6.07 Å². The van der Waals surface area contributed by atoms with Crippen LogP contribution in [0.4, 0.5) is 0 Å². The molecule has 0 aliphatic heterocycles.